The largest absolute Gasteiger partial charge is 0.368 e. The number of hydrogen-bond donors (Lipinski definition) is 2. The quantitative estimate of drug-likeness (QED) is 0.421. The summed E-state index contributed by atoms with van der Waals surface area (Å²) in [5, 5.41) is 4.32. The Labute approximate surface area is 203 Å². The number of nitrogens with zero attached hydrogens (tertiary/aromatic N) is 2. The van der Waals surface area contributed by atoms with Gasteiger partial charge in [-0.1, -0.05) is 41.9 Å². The van der Waals surface area contributed by atoms with E-state index in [0.29, 0.717) is 35.1 Å². The number of fused-ring (bicyclic) bond motifs is 1. The molecule has 0 aliphatic carbocycles. The molecule has 34 heavy (non-hydrogen) atoms. The van der Waals surface area contributed by atoms with E-state index < -0.39 is 0 Å². The van der Waals surface area contributed by atoms with Gasteiger partial charge in [0.1, 0.15) is 5.69 Å². The van der Waals surface area contributed by atoms with Crippen LogP contribution in [0.3, 0.4) is 0 Å². The number of H-pyrrole nitrogens is 1. The van der Waals surface area contributed by atoms with Gasteiger partial charge in [-0.2, -0.15) is 0 Å². The fourth-order valence-electron chi connectivity index (χ4n) is 4.37. The first-order valence-corrected chi connectivity index (χ1v) is 11.7. The van der Waals surface area contributed by atoms with Gasteiger partial charge in [-0.05, 0) is 55.0 Å². The fraction of sp³-hybridized carbons (Fsp3) is 0.185. The SMILES string of the molecule is Cc1cccc(N2CCN(C(=O)c3[nH]c4ccccc4c3NC(=O)c3ccc(Cl)cc3)CC2)c1. The van der Waals surface area contributed by atoms with Crippen LogP contribution in [0.15, 0.2) is 72.8 Å². The highest BCUT2D eigenvalue weighted by molar-refractivity contribution is 6.30. The van der Waals surface area contributed by atoms with Crippen LogP contribution in [0.2, 0.25) is 5.02 Å². The van der Waals surface area contributed by atoms with Gasteiger partial charge in [0, 0.05) is 53.4 Å². The van der Waals surface area contributed by atoms with Gasteiger partial charge < -0.3 is 20.1 Å². The molecule has 172 valence electrons. The number of carbonyl (C=O) groups excluding carboxylic acids is 2. The van der Waals surface area contributed by atoms with Crippen molar-refractivity contribution in [1.82, 2.24) is 9.88 Å². The summed E-state index contributed by atoms with van der Waals surface area (Å²) >= 11 is 5.96. The standard InChI is InChI=1S/C27H25ClN4O2/c1-18-5-4-6-21(17-18)31-13-15-32(16-14-31)27(34)25-24(22-7-2-3-8-23(22)29-25)30-26(33)19-9-11-20(28)12-10-19/h2-12,17,29H,13-16H2,1H3,(H,30,33). The van der Waals surface area contributed by atoms with Crippen molar-refractivity contribution in [1.29, 1.82) is 0 Å². The summed E-state index contributed by atoms with van der Waals surface area (Å²) in [5.74, 6) is -0.411. The van der Waals surface area contributed by atoms with Crippen LogP contribution in [-0.4, -0.2) is 47.9 Å². The number of anilines is 2. The molecule has 7 heteroatoms. The minimum Gasteiger partial charge on any atom is -0.368 e. The van der Waals surface area contributed by atoms with E-state index in [0.717, 1.165) is 24.0 Å². The van der Waals surface area contributed by atoms with Crippen LogP contribution < -0.4 is 10.2 Å². The molecule has 1 fully saturated rings. The van der Waals surface area contributed by atoms with Crippen molar-refractivity contribution >= 4 is 45.7 Å². The Morgan fingerprint density at radius 2 is 1.65 bits per heavy atom. The molecule has 2 amide bonds. The molecule has 2 N–H and O–H groups in total. The number of benzene rings is 3. The normalized spacial score (nSPS) is 13.8. The number of rotatable bonds is 4. The zero-order valence-corrected chi connectivity index (χ0v) is 19.6. The lowest BCUT2D eigenvalue weighted by Crippen LogP contribution is -2.49. The van der Waals surface area contributed by atoms with Crippen LogP contribution >= 0.6 is 11.6 Å². The van der Waals surface area contributed by atoms with Crippen LogP contribution in [0.4, 0.5) is 11.4 Å². The number of aryl methyl sites for hydroxylation is 1. The lowest BCUT2D eigenvalue weighted by molar-refractivity contribution is 0.0743. The molecule has 4 aromatic rings. The summed E-state index contributed by atoms with van der Waals surface area (Å²) in [6, 6.07) is 22.7. The molecule has 1 aromatic heterocycles. The van der Waals surface area contributed by atoms with Crippen molar-refractivity contribution in [2.75, 3.05) is 36.4 Å². The maximum absolute atomic E-state index is 13.6. The minimum atomic E-state index is -0.292. The number of nitrogens with one attached hydrogen (secondary N) is 2. The van der Waals surface area contributed by atoms with Crippen LogP contribution in [0.1, 0.15) is 26.4 Å². The predicted octanol–water partition coefficient (Wildman–Crippen LogP) is 5.34. The Morgan fingerprint density at radius 1 is 0.912 bits per heavy atom. The first-order chi connectivity index (χ1) is 16.5. The van der Waals surface area contributed by atoms with E-state index in [1.165, 1.54) is 11.3 Å². The van der Waals surface area contributed by atoms with Gasteiger partial charge >= 0.3 is 0 Å². The number of aromatic amines is 1. The maximum Gasteiger partial charge on any atom is 0.272 e. The number of carbonyl (C=O) groups is 2. The van der Waals surface area contributed by atoms with Crippen LogP contribution in [-0.2, 0) is 0 Å². The van der Waals surface area contributed by atoms with Gasteiger partial charge in [-0.25, -0.2) is 0 Å². The second kappa shape index (κ2) is 9.23. The van der Waals surface area contributed by atoms with E-state index >= 15 is 0 Å². The summed E-state index contributed by atoms with van der Waals surface area (Å²) in [5.41, 5.74) is 4.56. The molecular formula is C27H25ClN4O2. The van der Waals surface area contributed by atoms with Crippen LogP contribution in [0, 0.1) is 6.92 Å². The number of hydrogen-bond acceptors (Lipinski definition) is 3. The van der Waals surface area contributed by atoms with E-state index in [4.69, 9.17) is 11.6 Å². The van der Waals surface area contributed by atoms with E-state index in [9.17, 15) is 9.59 Å². The van der Waals surface area contributed by atoms with E-state index in [-0.39, 0.29) is 11.8 Å². The zero-order chi connectivity index (χ0) is 23.7. The van der Waals surface area contributed by atoms with Gasteiger partial charge in [0.25, 0.3) is 11.8 Å². The van der Waals surface area contributed by atoms with Crippen LogP contribution in [0.5, 0.6) is 0 Å². The number of halogens is 1. The molecular weight excluding hydrogens is 448 g/mol. The zero-order valence-electron chi connectivity index (χ0n) is 18.8. The molecule has 0 spiro atoms. The molecule has 0 radical (unpaired) electrons. The Bertz CT molecular complexity index is 1350. The first kappa shape index (κ1) is 22.0. The monoisotopic (exact) mass is 472 g/mol. The summed E-state index contributed by atoms with van der Waals surface area (Å²) in [7, 11) is 0. The maximum atomic E-state index is 13.6. The third-order valence-electron chi connectivity index (χ3n) is 6.20. The highest BCUT2D eigenvalue weighted by atomic mass is 35.5. The molecule has 0 bridgehead atoms. The first-order valence-electron chi connectivity index (χ1n) is 11.3. The lowest BCUT2D eigenvalue weighted by atomic mass is 10.1. The number of amides is 2. The molecule has 0 unspecified atom stereocenters. The van der Waals surface area contributed by atoms with Crippen molar-refractivity contribution in [2.45, 2.75) is 6.92 Å². The van der Waals surface area contributed by atoms with E-state index in [1.807, 2.05) is 29.2 Å². The van der Waals surface area contributed by atoms with E-state index in [2.05, 4.69) is 46.4 Å². The highest BCUT2D eigenvalue weighted by Crippen LogP contribution is 2.30. The molecule has 1 saturated heterocycles. The number of para-hydroxylation sites is 1. The Hall–Kier alpha value is -3.77. The number of aromatic nitrogens is 1. The molecule has 1 aliphatic heterocycles. The van der Waals surface area contributed by atoms with Gasteiger partial charge in [-0.3, -0.25) is 9.59 Å². The molecule has 6 nitrogen and oxygen atoms in total. The summed E-state index contributed by atoms with van der Waals surface area (Å²) in [4.78, 5) is 33.9. The highest BCUT2D eigenvalue weighted by Gasteiger charge is 2.27. The van der Waals surface area contributed by atoms with Crippen molar-refractivity contribution in [3.05, 3.63) is 94.6 Å². The topological polar surface area (TPSA) is 68.4 Å². The Kier molecular flexibility index (Phi) is 5.99. The van der Waals surface area contributed by atoms with Gasteiger partial charge in [0.2, 0.25) is 0 Å². The smallest absolute Gasteiger partial charge is 0.272 e. The minimum absolute atomic E-state index is 0.119. The molecule has 5 rings (SSSR count). The number of piperazine rings is 1. The molecule has 2 heterocycles. The molecule has 0 saturated carbocycles. The fourth-order valence-corrected chi connectivity index (χ4v) is 4.50. The Morgan fingerprint density at radius 3 is 2.38 bits per heavy atom. The molecule has 1 aliphatic rings. The second-order valence-electron chi connectivity index (χ2n) is 8.50. The second-order valence-corrected chi connectivity index (χ2v) is 8.94. The molecule has 3 aromatic carbocycles. The van der Waals surface area contributed by atoms with Crippen molar-refractivity contribution in [2.24, 2.45) is 0 Å². The lowest BCUT2D eigenvalue weighted by Gasteiger charge is -2.36. The van der Waals surface area contributed by atoms with Crippen molar-refractivity contribution in [3.8, 4) is 0 Å². The average molecular weight is 473 g/mol. The molecule has 0 atom stereocenters. The predicted molar refractivity (Wildman–Crippen MR) is 137 cm³/mol. The summed E-state index contributed by atoms with van der Waals surface area (Å²) < 4.78 is 0. The van der Waals surface area contributed by atoms with E-state index in [1.54, 1.807) is 24.3 Å². The summed E-state index contributed by atoms with van der Waals surface area (Å²) in [6.45, 7) is 4.79. The van der Waals surface area contributed by atoms with Gasteiger partial charge in [0.05, 0.1) is 5.69 Å². The van der Waals surface area contributed by atoms with Gasteiger partial charge in [0.15, 0.2) is 0 Å². The summed E-state index contributed by atoms with van der Waals surface area (Å²) in [6.07, 6.45) is 0. The average Bonchev–Trinajstić information content (AvgIpc) is 3.22. The third-order valence-corrected chi connectivity index (χ3v) is 6.45. The third kappa shape index (κ3) is 4.37. The van der Waals surface area contributed by atoms with Crippen LogP contribution in [0.25, 0.3) is 10.9 Å². The Balaban J connectivity index is 1.38. The van der Waals surface area contributed by atoms with Crippen molar-refractivity contribution < 1.29 is 9.59 Å². The van der Waals surface area contributed by atoms with Gasteiger partial charge in [-0.15, -0.1) is 0 Å². The van der Waals surface area contributed by atoms with Crippen molar-refractivity contribution in [3.63, 3.8) is 0 Å².